The van der Waals surface area contributed by atoms with E-state index in [-0.39, 0.29) is 0 Å². The summed E-state index contributed by atoms with van der Waals surface area (Å²) in [5.74, 6) is 0.934. The number of hydrogen-bond donors (Lipinski definition) is 1. The van der Waals surface area contributed by atoms with E-state index >= 15 is 0 Å². The van der Waals surface area contributed by atoms with E-state index < -0.39 is 0 Å². The largest absolute Gasteiger partial charge is 0.365 e. The number of hydrogen-bond acceptors (Lipinski definition) is 2. The quantitative estimate of drug-likeness (QED) is 0.533. The summed E-state index contributed by atoms with van der Waals surface area (Å²) in [6.07, 6.45) is 0. The number of aryl methyl sites for hydroxylation is 2. The monoisotopic (exact) mass is 341 g/mol. The Bertz CT molecular complexity index is 1060. The van der Waals surface area contributed by atoms with Gasteiger partial charge in [-0.1, -0.05) is 48.5 Å². The number of nitrogens with one attached hydrogen (secondary N) is 1. The van der Waals surface area contributed by atoms with Crippen LogP contribution >= 0.6 is 0 Å². The number of benzene rings is 2. The number of rotatable bonds is 4. The first-order valence-electron chi connectivity index (χ1n) is 8.94. The Balaban J connectivity index is 1.82. The zero-order valence-corrected chi connectivity index (χ0v) is 15.5. The van der Waals surface area contributed by atoms with Gasteiger partial charge in [0.2, 0.25) is 0 Å². The van der Waals surface area contributed by atoms with Crippen LogP contribution < -0.4 is 5.32 Å². The van der Waals surface area contributed by atoms with Crippen molar-refractivity contribution in [3.63, 3.8) is 0 Å². The molecule has 0 aliphatic heterocycles. The van der Waals surface area contributed by atoms with E-state index in [0.717, 1.165) is 29.1 Å². The second kappa shape index (κ2) is 6.68. The first-order valence-corrected chi connectivity index (χ1v) is 8.94. The SMILES string of the molecule is Cc1cccc2c(NCc3ccccc3)nc(-c3ccc(C)n3C)cc12. The molecule has 0 unspecified atom stereocenters. The summed E-state index contributed by atoms with van der Waals surface area (Å²) < 4.78 is 2.19. The Labute approximate surface area is 154 Å². The number of aromatic nitrogens is 2. The zero-order valence-electron chi connectivity index (χ0n) is 15.5. The van der Waals surface area contributed by atoms with Gasteiger partial charge in [-0.2, -0.15) is 0 Å². The lowest BCUT2D eigenvalue weighted by atomic mass is 10.0. The summed E-state index contributed by atoms with van der Waals surface area (Å²) in [6, 6.07) is 23.3. The highest BCUT2D eigenvalue weighted by Crippen LogP contribution is 2.30. The third-order valence-corrected chi connectivity index (χ3v) is 5.03. The van der Waals surface area contributed by atoms with Crippen LogP contribution in [0.2, 0.25) is 0 Å². The molecule has 2 aromatic carbocycles. The Hall–Kier alpha value is -3.07. The average Bonchev–Trinajstić information content (AvgIpc) is 3.00. The molecule has 0 spiro atoms. The highest BCUT2D eigenvalue weighted by molar-refractivity contribution is 5.96. The van der Waals surface area contributed by atoms with Crippen molar-refractivity contribution in [1.82, 2.24) is 9.55 Å². The van der Waals surface area contributed by atoms with Crippen molar-refractivity contribution in [2.75, 3.05) is 5.32 Å². The molecule has 2 heterocycles. The summed E-state index contributed by atoms with van der Waals surface area (Å²) in [4.78, 5) is 4.97. The van der Waals surface area contributed by atoms with Crippen LogP contribution in [-0.2, 0) is 13.6 Å². The van der Waals surface area contributed by atoms with Crippen LogP contribution in [0.3, 0.4) is 0 Å². The van der Waals surface area contributed by atoms with Gasteiger partial charge in [0, 0.05) is 24.7 Å². The Morgan fingerprint density at radius 2 is 1.69 bits per heavy atom. The summed E-state index contributed by atoms with van der Waals surface area (Å²) in [5.41, 5.74) is 5.87. The second-order valence-corrected chi connectivity index (χ2v) is 6.78. The third-order valence-electron chi connectivity index (χ3n) is 5.03. The van der Waals surface area contributed by atoms with Crippen LogP contribution in [0.15, 0.2) is 66.7 Å². The Morgan fingerprint density at radius 1 is 0.885 bits per heavy atom. The van der Waals surface area contributed by atoms with Gasteiger partial charge in [0.1, 0.15) is 5.82 Å². The smallest absolute Gasteiger partial charge is 0.134 e. The molecule has 0 amide bonds. The van der Waals surface area contributed by atoms with Gasteiger partial charge in [-0.15, -0.1) is 0 Å². The van der Waals surface area contributed by atoms with Crippen molar-refractivity contribution < 1.29 is 0 Å². The highest BCUT2D eigenvalue weighted by Gasteiger charge is 2.12. The summed E-state index contributed by atoms with van der Waals surface area (Å²) in [7, 11) is 2.09. The van der Waals surface area contributed by atoms with Gasteiger partial charge in [0.15, 0.2) is 0 Å². The van der Waals surface area contributed by atoms with Gasteiger partial charge in [-0.05, 0) is 48.6 Å². The molecule has 0 fully saturated rings. The van der Waals surface area contributed by atoms with Crippen LogP contribution in [-0.4, -0.2) is 9.55 Å². The summed E-state index contributed by atoms with van der Waals surface area (Å²) >= 11 is 0. The number of anilines is 1. The molecule has 0 saturated carbocycles. The first-order chi connectivity index (χ1) is 12.6. The van der Waals surface area contributed by atoms with E-state index in [1.165, 1.54) is 22.2 Å². The number of nitrogens with zero attached hydrogens (tertiary/aromatic N) is 2. The summed E-state index contributed by atoms with van der Waals surface area (Å²) in [5, 5.41) is 5.95. The molecule has 1 N–H and O–H groups in total. The van der Waals surface area contributed by atoms with E-state index in [1.807, 2.05) is 6.07 Å². The number of pyridine rings is 1. The van der Waals surface area contributed by atoms with Crippen LogP contribution in [0, 0.1) is 13.8 Å². The molecular weight excluding hydrogens is 318 g/mol. The lowest BCUT2D eigenvalue weighted by Gasteiger charge is -2.14. The van der Waals surface area contributed by atoms with Crippen LogP contribution in [0.1, 0.15) is 16.8 Å². The molecule has 3 heteroatoms. The maximum atomic E-state index is 4.97. The van der Waals surface area contributed by atoms with Crippen molar-refractivity contribution in [3.05, 3.63) is 83.6 Å². The fraction of sp³-hybridized carbons (Fsp3) is 0.174. The van der Waals surface area contributed by atoms with Crippen molar-refractivity contribution in [3.8, 4) is 11.4 Å². The first kappa shape index (κ1) is 16.4. The predicted molar refractivity (Wildman–Crippen MR) is 109 cm³/mol. The maximum Gasteiger partial charge on any atom is 0.134 e. The minimum Gasteiger partial charge on any atom is -0.365 e. The molecule has 26 heavy (non-hydrogen) atoms. The molecular formula is C23H23N3. The van der Waals surface area contributed by atoms with E-state index in [4.69, 9.17) is 4.98 Å². The molecule has 0 bridgehead atoms. The Kier molecular flexibility index (Phi) is 4.21. The number of fused-ring (bicyclic) bond motifs is 1. The molecule has 0 saturated heterocycles. The summed E-state index contributed by atoms with van der Waals surface area (Å²) in [6.45, 7) is 5.03. The van der Waals surface area contributed by atoms with Crippen LogP contribution in [0.4, 0.5) is 5.82 Å². The van der Waals surface area contributed by atoms with E-state index in [0.29, 0.717) is 0 Å². The van der Waals surface area contributed by atoms with Gasteiger partial charge in [-0.3, -0.25) is 0 Å². The molecule has 0 radical (unpaired) electrons. The van der Waals surface area contributed by atoms with Gasteiger partial charge >= 0.3 is 0 Å². The van der Waals surface area contributed by atoms with E-state index in [2.05, 4.69) is 91.4 Å². The topological polar surface area (TPSA) is 29.9 Å². The van der Waals surface area contributed by atoms with Gasteiger partial charge in [-0.25, -0.2) is 4.98 Å². The molecule has 4 rings (SSSR count). The molecule has 130 valence electrons. The predicted octanol–water partition coefficient (Wildman–Crippen LogP) is 5.47. The van der Waals surface area contributed by atoms with Gasteiger partial charge < -0.3 is 9.88 Å². The molecule has 0 aliphatic carbocycles. The van der Waals surface area contributed by atoms with E-state index in [1.54, 1.807) is 0 Å². The standard InChI is InChI=1S/C23H23N3/c1-16-8-7-11-19-20(16)14-21(22-13-12-17(2)26(22)3)25-23(19)24-15-18-9-5-4-6-10-18/h4-14H,15H2,1-3H3,(H,24,25). The normalized spacial score (nSPS) is 11.0. The molecule has 0 atom stereocenters. The molecule has 4 aromatic rings. The zero-order chi connectivity index (χ0) is 18.1. The fourth-order valence-electron chi connectivity index (χ4n) is 3.35. The van der Waals surface area contributed by atoms with Crippen molar-refractivity contribution in [1.29, 1.82) is 0 Å². The lowest BCUT2D eigenvalue weighted by molar-refractivity contribution is 0.887. The molecule has 3 nitrogen and oxygen atoms in total. The van der Waals surface area contributed by atoms with Gasteiger partial charge in [0.05, 0.1) is 11.4 Å². The van der Waals surface area contributed by atoms with Crippen molar-refractivity contribution >= 4 is 16.6 Å². The maximum absolute atomic E-state index is 4.97. The fourth-order valence-corrected chi connectivity index (χ4v) is 3.35. The van der Waals surface area contributed by atoms with Gasteiger partial charge in [0.25, 0.3) is 0 Å². The second-order valence-electron chi connectivity index (χ2n) is 6.78. The average molecular weight is 341 g/mol. The molecule has 2 aromatic heterocycles. The lowest BCUT2D eigenvalue weighted by Crippen LogP contribution is -2.04. The van der Waals surface area contributed by atoms with Crippen molar-refractivity contribution in [2.45, 2.75) is 20.4 Å². The highest BCUT2D eigenvalue weighted by atomic mass is 15.0. The van der Waals surface area contributed by atoms with Crippen molar-refractivity contribution in [2.24, 2.45) is 7.05 Å². The van der Waals surface area contributed by atoms with Crippen LogP contribution in [0.5, 0.6) is 0 Å². The third kappa shape index (κ3) is 2.97. The minimum absolute atomic E-state index is 0.756. The minimum atomic E-state index is 0.756. The Morgan fingerprint density at radius 3 is 2.42 bits per heavy atom. The van der Waals surface area contributed by atoms with Crippen LogP contribution in [0.25, 0.3) is 22.2 Å². The molecule has 0 aliphatic rings. The van der Waals surface area contributed by atoms with E-state index in [9.17, 15) is 0 Å².